The molecule has 1 heterocycles. The predicted octanol–water partition coefficient (Wildman–Crippen LogP) is 5.79. The molecular formula is C37H41NO11. The average molecular weight is 676 g/mol. The summed E-state index contributed by atoms with van der Waals surface area (Å²) in [6, 6.07) is 19.6. The molecule has 0 amide bonds. The summed E-state index contributed by atoms with van der Waals surface area (Å²) in [5.74, 6) is -1.84. The topological polar surface area (TPSA) is 156 Å². The first-order chi connectivity index (χ1) is 23.4. The molecule has 0 radical (unpaired) electrons. The fraction of sp³-hybridized carbons (Fsp3) is 0.378. The van der Waals surface area contributed by atoms with Crippen LogP contribution in [0.1, 0.15) is 64.7 Å². The molecule has 0 aromatic heterocycles. The lowest BCUT2D eigenvalue weighted by Gasteiger charge is -2.44. The van der Waals surface area contributed by atoms with E-state index in [1.165, 1.54) is 27.7 Å². The van der Waals surface area contributed by atoms with Gasteiger partial charge in [0.15, 0.2) is 18.3 Å². The minimum absolute atomic E-state index is 0.159. The number of benzene rings is 3. The molecule has 0 saturated carbocycles. The Morgan fingerprint density at radius 2 is 1.39 bits per heavy atom. The largest absolute Gasteiger partial charge is 0.508 e. The van der Waals surface area contributed by atoms with Gasteiger partial charge in [-0.25, -0.2) is 0 Å². The lowest BCUT2D eigenvalue weighted by molar-refractivity contribution is -0.254. The van der Waals surface area contributed by atoms with E-state index >= 15 is 0 Å². The summed E-state index contributed by atoms with van der Waals surface area (Å²) < 4.78 is 34.3. The van der Waals surface area contributed by atoms with Crippen LogP contribution in [0.5, 0.6) is 11.5 Å². The first kappa shape index (κ1) is 36.6. The Morgan fingerprint density at radius 1 is 0.776 bits per heavy atom. The smallest absolute Gasteiger partial charge is 0.303 e. The molecule has 3 aromatic carbocycles. The van der Waals surface area contributed by atoms with E-state index in [4.69, 9.17) is 28.4 Å². The normalized spacial score (nSPS) is 20.3. The number of phenolic OH excluding ortho intramolecular Hbond substituents is 1. The lowest BCUT2D eigenvalue weighted by atomic mass is 9.89. The SMILES string of the molecule is CCCCOc1cc(-c2ccc([C@@H]3OC(COC(C)=O)[C@@H](OC(C)=O)C(OC(C)=O)C3OC(C)=O)cc2)ccc1C=Nc1ccc(O)cc1. The van der Waals surface area contributed by atoms with Crippen LogP contribution in [0.15, 0.2) is 71.7 Å². The monoisotopic (exact) mass is 675 g/mol. The van der Waals surface area contributed by atoms with Gasteiger partial charge in [0, 0.05) is 39.5 Å². The predicted molar refractivity (Wildman–Crippen MR) is 179 cm³/mol. The zero-order valence-corrected chi connectivity index (χ0v) is 28.1. The van der Waals surface area contributed by atoms with Crippen LogP contribution in [-0.2, 0) is 42.9 Å². The van der Waals surface area contributed by atoms with Crippen molar-refractivity contribution < 1.29 is 52.7 Å². The van der Waals surface area contributed by atoms with Gasteiger partial charge in [0.25, 0.3) is 0 Å². The average Bonchev–Trinajstić information content (AvgIpc) is 3.05. The maximum absolute atomic E-state index is 12.3. The molecule has 3 unspecified atom stereocenters. The third-order valence-corrected chi connectivity index (χ3v) is 7.53. The molecule has 4 rings (SSSR count). The number of esters is 4. The molecule has 0 spiro atoms. The Morgan fingerprint density at radius 3 is 2.00 bits per heavy atom. The van der Waals surface area contributed by atoms with Crippen molar-refractivity contribution in [2.45, 2.75) is 78.0 Å². The number of unbranched alkanes of at least 4 members (excludes halogenated alkanes) is 1. The van der Waals surface area contributed by atoms with Gasteiger partial charge in [0.05, 0.1) is 12.3 Å². The summed E-state index contributed by atoms with van der Waals surface area (Å²) in [5, 5.41) is 9.57. The Kier molecular flexibility index (Phi) is 12.9. The van der Waals surface area contributed by atoms with Crippen LogP contribution in [0.3, 0.4) is 0 Å². The number of hydrogen-bond acceptors (Lipinski definition) is 12. The maximum Gasteiger partial charge on any atom is 0.303 e. The first-order valence-electron chi connectivity index (χ1n) is 16.0. The molecule has 12 nitrogen and oxygen atoms in total. The van der Waals surface area contributed by atoms with E-state index in [1.807, 2.05) is 30.3 Å². The molecular weight excluding hydrogens is 634 g/mol. The highest BCUT2D eigenvalue weighted by Crippen LogP contribution is 2.38. The third kappa shape index (κ3) is 10.4. The fourth-order valence-electron chi connectivity index (χ4n) is 5.32. The highest BCUT2D eigenvalue weighted by atomic mass is 16.7. The van der Waals surface area contributed by atoms with Gasteiger partial charge in [-0.1, -0.05) is 43.7 Å². The second-order valence-electron chi connectivity index (χ2n) is 11.5. The van der Waals surface area contributed by atoms with Crippen molar-refractivity contribution in [3.8, 4) is 22.6 Å². The van der Waals surface area contributed by atoms with Gasteiger partial charge >= 0.3 is 23.9 Å². The molecule has 1 aliphatic rings. The number of aliphatic imine (C=N–C) groups is 1. The second kappa shape index (κ2) is 17.3. The van der Waals surface area contributed by atoms with Crippen LogP contribution < -0.4 is 4.74 Å². The van der Waals surface area contributed by atoms with Crippen LogP contribution in [0, 0.1) is 0 Å². The van der Waals surface area contributed by atoms with E-state index in [0.717, 1.165) is 29.5 Å². The number of ether oxygens (including phenoxy) is 6. The van der Waals surface area contributed by atoms with E-state index in [9.17, 15) is 24.3 Å². The summed E-state index contributed by atoms with van der Waals surface area (Å²) in [7, 11) is 0. The van der Waals surface area contributed by atoms with Crippen molar-refractivity contribution in [3.63, 3.8) is 0 Å². The summed E-state index contributed by atoms with van der Waals surface area (Å²) in [6.45, 7) is 7.09. The summed E-state index contributed by atoms with van der Waals surface area (Å²) >= 11 is 0. The zero-order valence-electron chi connectivity index (χ0n) is 28.1. The molecule has 1 N–H and O–H groups in total. The molecule has 12 heteroatoms. The van der Waals surface area contributed by atoms with Gasteiger partial charge in [0.2, 0.25) is 0 Å². The highest BCUT2D eigenvalue weighted by Gasteiger charge is 2.52. The van der Waals surface area contributed by atoms with Gasteiger partial charge in [0.1, 0.15) is 30.3 Å². The van der Waals surface area contributed by atoms with E-state index < -0.39 is 54.4 Å². The molecule has 1 aliphatic heterocycles. The van der Waals surface area contributed by atoms with Crippen molar-refractivity contribution in [3.05, 3.63) is 77.9 Å². The molecule has 1 fully saturated rings. The van der Waals surface area contributed by atoms with Crippen LogP contribution in [0.4, 0.5) is 5.69 Å². The van der Waals surface area contributed by atoms with Crippen LogP contribution in [0.25, 0.3) is 11.1 Å². The third-order valence-electron chi connectivity index (χ3n) is 7.53. The Labute approximate surface area is 284 Å². The zero-order chi connectivity index (χ0) is 35.5. The van der Waals surface area contributed by atoms with Gasteiger partial charge in [-0.05, 0) is 59.5 Å². The fourth-order valence-corrected chi connectivity index (χ4v) is 5.32. The second-order valence-corrected chi connectivity index (χ2v) is 11.5. The van der Waals surface area contributed by atoms with Crippen molar-refractivity contribution in [1.29, 1.82) is 0 Å². The Balaban J connectivity index is 1.67. The molecule has 1 saturated heterocycles. The van der Waals surface area contributed by atoms with E-state index in [-0.39, 0.29) is 12.4 Å². The summed E-state index contributed by atoms with van der Waals surface area (Å²) in [4.78, 5) is 52.7. The number of aromatic hydroxyl groups is 1. The molecule has 49 heavy (non-hydrogen) atoms. The molecule has 0 aliphatic carbocycles. The van der Waals surface area contributed by atoms with Crippen molar-refractivity contribution in [2.75, 3.05) is 13.2 Å². The molecule has 260 valence electrons. The van der Waals surface area contributed by atoms with Crippen molar-refractivity contribution in [1.82, 2.24) is 0 Å². The standard InChI is InChI=1S/C37H41NO11/c1-6-7-18-44-32-19-28(12-13-29(32)20-38-30-14-16-31(43)17-15-30)26-8-10-27(11-9-26)34-36(47-24(4)41)37(48-25(5)42)35(46-23(3)40)33(49-34)21-45-22(2)39/h8-17,19-20,33-37,43H,6-7,18,21H2,1-5H3/t33?,34-,35+,36?,37?/m0/s1. The Bertz CT molecular complexity index is 1630. The number of nitrogens with zero attached hydrogens (tertiary/aromatic N) is 1. The lowest BCUT2D eigenvalue weighted by Crippen LogP contribution is -2.59. The number of hydrogen-bond donors (Lipinski definition) is 1. The number of carbonyl (C=O) groups excluding carboxylic acids is 4. The summed E-state index contributed by atoms with van der Waals surface area (Å²) in [5.41, 5.74) is 3.73. The highest BCUT2D eigenvalue weighted by molar-refractivity contribution is 5.87. The summed E-state index contributed by atoms with van der Waals surface area (Å²) in [6.07, 6.45) is -2.17. The van der Waals surface area contributed by atoms with E-state index in [1.54, 1.807) is 42.6 Å². The molecule has 3 aromatic rings. The van der Waals surface area contributed by atoms with Crippen molar-refractivity contribution >= 4 is 35.8 Å². The maximum atomic E-state index is 12.3. The van der Waals surface area contributed by atoms with E-state index in [0.29, 0.717) is 23.6 Å². The molecule has 5 atom stereocenters. The quantitative estimate of drug-likeness (QED) is 0.101. The van der Waals surface area contributed by atoms with Gasteiger partial charge < -0.3 is 33.5 Å². The van der Waals surface area contributed by atoms with Gasteiger partial charge in [-0.15, -0.1) is 0 Å². The molecule has 0 bridgehead atoms. The first-order valence-corrected chi connectivity index (χ1v) is 16.0. The van der Waals surface area contributed by atoms with Crippen LogP contribution in [0.2, 0.25) is 0 Å². The number of carbonyl (C=O) groups is 4. The Hall–Kier alpha value is -5.23. The van der Waals surface area contributed by atoms with Gasteiger partial charge in [-0.2, -0.15) is 0 Å². The van der Waals surface area contributed by atoms with Crippen molar-refractivity contribution in [2.24, 2.45) is 4.99 Å². The minimum Gasteiger partial charge on any atom is -0.508 e. The number of rotatable bonds is 13. The van der Waals surface area contributed by atoms with Crippen LogP contribution >= 0.6 is 0 Å². The van der Waals surface area contributed by atoms with Crippen LogP contribution in [-0.4, -0.2) is 72.8 Å². The number of phenols is 1. The van der Waals surface area contributed by atoms with Gasteiger partial charge in [-0.3, -0.25) is 24.2 Å². The van der Waals surface area contributed by atoms with E-state index in [2.05, 4.69) is 11.9 Å². The minimum atomic E-state index is -1.26.